The van der Waals surface area contributed by atoms with Crippen LogP contribution in [0.3, 0.4) is 0 Å². The predicted molar refractivity (Wildman–Crippen MR) is 101 cm³/mol. The van der Waals surface area contributed by atoms with Gasteiger partial charge >= 0.3 is 0 Å². The maximum atomic E-state index is 12.8. The molecule has 0 saturated carbocycles. The van der Waals surface area contributed by atoms with Gasteiger partial charge in [-0.1, -0.05) is 19.1 Å². The number of hydrogen-bond acceptors (Lipinski definition) is 3. The van der Waals surface area contributed by atoms with E-state index in [9.17, 15) is 18.8 Å². The van der Waals surface area contributed by atoms with Crippen LogP contribution in [0.4, 0.5) is 10.1 Å². The van der Waals surface area contributed by atoms with Crippen molar-refractivity contribution in [3.05, 3.63) is 71.6 Å². The molecule has 0 radical (unpaired) electrons. The Balaban J connectivity index is 1.83. The lowest BCUT2D eigenvalue weighted by Gasteiger charge is -2.07. The van der Waals surface area contributed by atoms with E-state index in [0.29, 0.717) is 23.2 Å². The molecular weight excluding hydrogens is 349 g/mol. The minimum Gasteiger partial charge on any atom is -0.326 e. The second kappa shape index (κ2) is 9.86. The number of rotatable bonds is 6. The van der Waals surface area contributed by atoms with Gasteiger partial charge < -0.3 is 5.32 Å². The van der Waals surface area contributed by atoms with Gasteiger partial charge in [0, 0.05) is 23.7 Å². The second-order valence-corrected chi connectivity index (χ2v) is 5.70. The summed E-state index contributed by atoms with van der Waals surface area (Å²) in [5.74, 6) is -1.48. The highest BCUT2D eigenvalue weighted by Gasteiger charge is 2.07. The van der Waals surface area contributed by atoms with E-state index in [2.05, 4.69) is 16.2 Å². The topological polar surface area (TPSA) is 87.3 Å². The van der Waals surface area contributed by atoms with Crippen LogP contribution in [0.5, 0.6) is 0 Å². The van der Waals surface area contributed by atoms with Crippen molar-refractivity contribution in [3.8, 4) is 0 Å². The summed E-state index contributed by atoms with van der Waals surface area (Å²) in [6.45, 7) is 1.91. The summed E-state index contributed by atoms with van der Waals surface area (Å²) in [5.41, 5.74) is 6.12. The van der Waals surface area contributed by atoms with Gasteiger partial charge in [-0.15, -0.1) is 0 Å². The van der Waals surface area contributed by atoms with Crippen LogP contribution in [0.1, 0.15) is 35.7 Å². The zero-order valence-electron chi connectivity index (χ0n) is 14.8. The highest BCUT2D eigenvalue weighted by atomic mass is 19.1. The number of carbonyl (C=O) groups excluding carboxylic acids is 3. The van der Waals surface area contributed by atoms with Crippen LogP contribution in [-0.2, 0) is 9.59 Å². The van der Waals surface area contributed by atoms with E-state index in [-0.39, 0.29) is 11.7 Å². The molecule has 2 aromatic carbocycles. The first-order valence-corrected chi connectivity index (χ1v) is 8.42. The number of hydrogen-bond donors (Lipinski definition) is 3. The van der Waals surface area contributed by atoms with Crippen molar-refractivity contribution < 1.29 is 18.8 Å². The minimum absolute atomic E-state index is 0.0880. The van der Waals surface area contributed by atoms with Crippen molar-refractivity contribution in [1.29, 1.82) is 0 Å². The molecule has 3 N–H and O–H groups in total. The molecule has 3 amide bonds. The minimum atomic E-state index is -0.531. The predicted octanol–water partition coefficient (Wildman–Crippen LogP) is 3.04. The number of carbonyl (C=O) groups is 3. The van der Waals surface area contributed by atoms with Gasteiger partial charge in [-0.25, -0.2) is 4.39 Å². The summed E-state index contributed by atoms with van der Waals surface area (Å²) in [5, 5.41) is 2.72. The first-order valence-electron chi connectivity index (χ1n) is 8.42. The van der Waals surface area contributed by atoms with Gasteiger partial charge in [0.15, 0.2) is 0 Å². The van der Waals surface area contributed by atoms with Gasteiger partial charge in [0.2, 0.25) is 5.91 Å². The molecule has 0 fully saturated rings. The van der Waals surface area contributed by atoms with Crippen LogP contribution < -0.4 is 16.2 Å². The van der Waals surface area contributed by atoms with Crippen molar-refractivity contribution in [2.45, 2.75) is 19.8 Å². The van der Waals surface area contributed by atoms with Crippen LogP contribution in [-0.4, -0.2) is 17.7 Å². The molecule has 140 valence electrons. The van der Waals surface area contributed by atoms with Crippen molar-refractivity contribution >= 4 is 29.5 Å². The third kappa shape index (κ3) is 6.74. The van der Waals surface area contributed by atoms with Crippen molar-refractivity contribution in [2.24, 2.45) is 0 Å². The Bertz CT molecular complexity index is 831. The molecule has 7 heteroatoms. The van der Waals surface area contributed by atoms with Crippen LogP contribution in [0.15, 0.2) is 54.6 Å². The Labute approximate surface area is 156 Å². The average molecular weight is 369 g/mol. The van der Waals surface area contributed by atoms with Gasteiger partial charge in [0.1, 0.15) is 5.82 Å². The van der Waals surface area contributed by atoms with Gasteiger partial charge in [0.25, 0.3) is 11.8 Å². The second-order valence-electron chi connectivity index (χ2n) is 5.70. The molecule has 2 rings (SSSR count). The fraction of sp³-hybridized carbons (Fsp3) is 0.150. The van der Waals surface area contributed by atoms with Crippen LogP contribution in [0, 0.1) is 5.82 Å². The van der Waals surface area contributed by atoms with Crippen molar-refractivity contribution in [1.82, 2.24) is 10.9 Å². The Kier molecular flexibility index (Phi) is 7.25. The zero-order chi connectivity index (χ0) is 19.6. The average Bonchev–Trinajstić information content (AvgIpc) is 2.66. The maximum Gasteiger partial charge on any atom is 0.269 e. The molecule has 0 aliphatic heterocycles. The van der Waals surface area contributed by atoms with Gasteiger partial charge in [-0.2, -0.15) is 0 Å². The molecule has 0 heterocycles. The Morgan fingerprint density at radius 2 is 1.63 bits per heavy atom. The molecule has 0 spiro atoms. The number of anilines is 1. The summed E-state index contributed by atoms with van der Waals surface area (Å²) in [7, 11) is 0. The molecule has 0 aliphatic carbocycles. The molecule has 0 aliphatic rings. The molecule has 0 saturated heterocycles. The van der Waals surface area contributed by atoms with E-state index in [1.165, 1.54) is 48.6 Å². The van der Waals surface area contributed by atoms with E-state index < -0.39 is 11.8 Å². The van der Waals surface area contributed by atoms with E-state index in [1.54, 1.807) is 12.1 Å². The zero-order valence-corrected chi connectivity index (χ0v) is 14.8. The highest BCUT2D eigenvalue weighted by molar-refractivity contribution is 5.98. The Morgan fingerprint density at radius 1 is 0.963 bits per heavy atom. The SMILES string of the molecule is CCCC(=O)Nc1ccc(C(=O)NNC(=O)C=Cc2ccc(F)cc2)cc1. The molecule has 0 atom stereocenters. The van der Waals surface area contributed by atoms with Gasteiger partial charge in [-0.3, -0.25) is 25.2 Å². The largest absolute Gasteiger partial charge is 0.326 e. The summed E-state index contributed by atoms with van der Waals surface area (Å²) in [6.07, 6.45) is 3.90. The number of halogens is 1. The fourth-order valence-corrected chi connectivity index (χ4v) is 2.13. The summed E-state index contributed by atoms with van der Waals surface area (Å²) in [4.78, 5) is 35.3. The third-order valence-electron chi connectivity index (χ3n) is 3.50. The number of hydrazine groups is 1. The molecule has 27 heavy (non-hydrogen) atoms. The monoisotopic (exact) mass is 369 g/mol. The summed E-state index contributed by atoms with van der Waals surface area (Å²) >= 11 is 0. The standard InChI is InChI=1S/C20H20FN3O3/c1-2-3-18(25)22-17-11-7-15(8-12-17)20(27)24-23-19(26)13-6-14-4-9-16(21)10-5-14/h4-13H,2-3H2,1H3,(H,22,25)(H,23,26)(H,24,27). The number of amides is 3. The normalized spacial score (nSPS) is 10.4. The molecule has 6 nitrogen and oxygen atoms in total. The Hall–Kier alpha value is -3.48. The lowest BCUT2D eigenvalue weighted by atomic mass is 10.2. The molecule has 2 aromatic rings. The van der Waals surface area contributed by atoms with Gasteiger partial charge in [-0.05, 0) is 54.5 Å². The third-order valence-corrected chi connectivity index (χ3v) is 3.50. The smallest absolute Gasteiger partial charge is 0.269 e. The number of nitrogens with one attached hydrogen (secondary N) is 3. The van der Waals surface area contributed by atoms with Crippen molar-refractivity contribution in [2.75, 3.05) is 5.32 Å². The van der Waals surface area contributed by atoms with Crippen LogP contribution >= 0.6 is 0 Å². The van der Waals surface area contributed by atoms with Gasteiger partial charge in [0.05, 0.1) is 0 Å². The maximum absolute atomic E-state index is 12.8. The number of benzene rings is 2. The van der Waals surface area contributed by atoms with Crippen LogP contribution in [0.25, 0.3) is 6.08 Å². The van der Waals surface area contributed by atoms with E-state index >= 15 is 0 Å². The first-order chi connectivity index (χ1) is 13.0. The lowest BCUT2D eigenvalue weighted by Crippen LogP contribution is -2.40. The van der Waals surface area contributed by atoms with Crippen molar-refractivity contribution in [3.63, 3.8) is 0 Å². The molecule has 0 bridgehead atoms. The van der Waals surface area contributed by atoms with E-state index in [0.717, 1.165) is 6.42 Å². The Morgan fingerprint density at radius 3 is 2.26 bits per heavy atom. The molecule has 0 unspecified atom stereocenters. The molecular formula is C20H20FN3O3. The molecule has 0 aromatic heterocycles. The van der Waals surface area contributed by atoms with E-state index in [4.69, 9.17) is 0 Å². The summed E-state index contributed by atoms with van der Waals surface area (Å²) < 4.78 is 12.8. The highest BCUT2D eigenvalue weighted by Crippen LogP contribution is 2.10. The lowest BCUT2D eigenvalue weighted by molar-refractivity contribution is -0.117. The summed E-state index contributed by atoms with van der Waals surface area (Å²) in [6, 6.07) is 11.9. The first kappa shape index (κ1) is 19.8. The van der Waals surface area contributed by atoms with E-state index in [1.807, 2.05) is 6.92 Å². The quantitative estimate of drug-likeness (QED) is 0.540. The fourth-order valence-electron chi connectivity index (χ4n) is 2.13. The van der Waals surface area contributed by atoms with Crippen LogP contribution in [0.2, 0.25) is 0 Å².